The van der Waals surface area contributed by atoms with Gasteiger partial charge in [-0.2, -0.15) is 0 Å². The Bertz CT molecular complexity index is 400. The third-order valence-corrected chi connectivity index (χ3v) is 3.54. The van der Waals surface area contributed by atoms with Crippen molar-refractivity contribution in [2.24, 2.45) is 5.73 Å². The van der Waals surface area contributed by atoms with E-state index in [1.165, 1.54) is 0 Å². The minimum absolute atomic E-state index is 0.0516. The molecule has 1 aromatic carbocycles. The quantitative estimate of drug-likeness (QED) is 0.870. The molecule has 0 bridgehead atoms. The van der Waals surface area contributed by atoms with E-state index < -0.39 is 6.10 Å². The van der Waals surface area contributed by atoms with Gasteiger partial charge in [-0.3, -0.25) is 4.79 Å². The van der Waals surface area contributed by atoms with Crippen LogP contribution in [0, 0.1) is 0 Å². The molecular weight excluding hydrogens is 240 g/mol. The number of nitrogens with one attached hydrogen (secondary N) is 1. The number of hydrogen-bond donors (Lipinski definition) is 2. The van der Waals surface area contributed by atoms with Crippen molar-refractivity contribution in [3.05, 3.63) is 30.3 Å². The monoisotopic (exact) mass is 262 g/mol. The van der Waals surface area contributed by atoms with E-state index in [0.29, 0.717) is 6.04 Å². The van der Waals surface area contributed by atoms with Crippen molar-refractivity contribution in [3.8, 4) is 5.75 Å². The van der Waals surface area contributed by atoms with Crippen LogP contribution in [0.15, 0.2) is 30.3 Å². The molecule has 104 valence electrons. The molecule has 0 radical (unpaired) electrons. The first-order valence-electron chi connectivity index (χ1n) is 6.93. The fourth-order valence-electron chi connectivity index (χ4n) is 2.34. The standard InChI is InChI=1S/C15H22N2O2/c1-11(19-14-5-3-2-4-6-14)15(18)17-13-9-7-12(16)8-10-13/h2-6,11-13H,7-10,16H2,1H3,(H,17,18). The Hall–Kier alpha value is -1.55. The van der Waals surface area contributed by atoms with Crippen molar-refractivity contribution in [3.63, 3.8) is 0 Å². The third-order valence-electron chi connectivity index (χ3n) is 3.54. The Labute approximate surface area is 114 Å². The van der Waals surface area contributed by atoms with Crippen LogP contribution in [0.2, 0.25) is 0 Å². The number of carbonyl (C=O) groups excluding carboxylic acids is 1. The second-order valence-electron chi connectivity index (χ2n) is 5.19. The highest BCUT2D eigenvalue weighted by atomic mass is 16.5. The van der Waals surface area contributed by atoms with Crippen molar-refractivity contribution < 1.29 is 9.53 Å². The zero-order valence-electron chi connectivity index (χ0n) is 11.3. The number of hydrogen-bond acceptors (Lipinski definition) is 3. The molecule has 1 atom stereocenters. The van der Waals surface area contributed by atoms with Crippen LogP contribution in [0.1, 0.15) is 32.6 Å². The van der Waals surface area contributed by atoms with Crippen LogP contribution < -0.4 is 15.8 Å². The lowest BCUT2D eigenvalue weighted by molar-refractivity contribution is -0.128. The molecule has 0 aliphatic heterocycles. The molecule has 1 unspecified atom stereocenters. The summed E-state index contributed by atoms with van der Waals surface area (Å²) in [4.78, 5) is 12.0. The summed E-state index contributed by atoms with van der Waals surface area (Å²) in [5.74, 6) is 0.667. The number of amides is 1. The highest BCUT2D eigenvalue weighted by Crippen LogP contribution is 2.17. The van der Waals surface area contributed by atoms with Crippen molar-refractivity contribution in [2.75, 3.05) is 0 Å². The van der Waals surface area contributed by atoms with Gasteiger partial charge in [0.25, 0.3) is 5.91 Å². The van der Waals surface area contributed by atoms with E-state index in [2.05, 4.69) is 5.32 Å². The van der Waals surface area contributed by atoms with Gasteiger partial charge < -0.3 is 15.8 Å². The van der Waals surface area contributed by atoms with E-state index in [1.54, 1.807) is 6.92 Å². The molecule has 1 aliphatic rings. The summed E-state index contributed by atoms with van der Waals surface area (Å²) in [7, 11) is 0. The molecule has 1 amide bonds. The Balaban J connectivity index is 1.79. The van der Waals surface area contributed by atoms with E-state index in [1.807, 2.05) is 30.3 Å². The average Bonchev–Trinajstić information content (AvgIpc) is 2.42. The molecule has 0 spiro atoms. The summed E-state index contributed by atoms with van der Waals surface area (Å²) in [5.41, 5.74) is 5.85. The van der Waals surface area contributed by atoms with Gasteiger partial charge in [0, 0.05) is 12.1 Å². The maximum absolute atomic E-state index is 12.0. The van der Waals surface area contributed by atoms with Crippen LogP contribution in [0.25, 0.3) is 0 Å². The molecule has 4 nitrogen and oxygen atoms in total. The van der Waals surface area contributed by atoms with Crippen LogP contribution in [0.4, 0.5) is 0 Å². The second kappa shape index (κ2) is 6.57. The molecule has 19 heavy (non-hydrogen) atoms. The second-order valence-corrected chi connectivity index (χ2v) is 5.19. The molecule has 0 saturated heterocycles. The van der Waals surface area contributed by atoms with E-state index in [0.717, 1.165) is 31.4 Å². The fraction of sp³-hybridized carbons (Fsp3) is 0.533. The summed E-state index contributed by atoms with van der Waals surface area (Å²) < 4.78 is 5.60. The van der Waals surface area contributed by atoms with Gasteiger partial charge in [-0.15, -0.1) is 0 Å². The van der Waals surface area contributed by atoms with Gasteiger partial charge in [0.15, 0.2) is 6.10 Å². The van der Waals surface area contributed by atoms with Crippen LogP contribution in [-0.4, -0.2) is 24.1 Å². The van der Waals surface area contributed by atoms with E-state index in [4.69, 9.17) is 10.5 Å². The third kappa shape index (κ3) is 4.24. The van der Waals surface area contributed by atoms with Crippen LogP contribution >= 0.6 is 0 Å². The minimum Gasteiger partial charge on any atom is -0.481 e. The van der Waals surface area contributed by atoms with Crippen molar-refractivity contribution in [2.45, 2.75) is 50.8 Å². The predicted octanol–water partition coefficient (Wildman–Crippen LogP) is 1.84. The average molecular weight is 262 g/mol. The largest absolute Gasteiger partial charge is 0.481 e. The zero-order valence-corrected chi connectivity index (χ0v) is 11.3. The smallest absolute Gasteiger partial charge is 0.260 e. The zero-order chi connectivity index (χ0) is 13.7. The Morgan fingerprint density at radius 1 is 1.26 bits per heavy atom. The summed E-state index contributed by atoms with van der Waals surface area (Å²) in [5, 5.41) is 3.04. The van der Waals surface area contributed by atoms with Crippen LogP contribution in [0.5, 0.6) is 5.75 Å². The maximum Gasteiger partial charge on any atom is 0.260 e. The molecule has 3 N–H and O–H groups in total. The number of nitrogens with two attached hydrogens (primary N) is 1. The predicted molar refractivity (Wildman–Crippen MR) is 74.9 cm³/mol. The normalized spacial score (nSPS) is 24.5. The van der Waals surface area contributed by atoms with Gasteiger partial charge in [0.05, 0.1) is 0 Å². The SMILES string of the molecule is CC(Oc1ccccc1)C(=O)NC1CCC(N)CC1. The van der Waals surface area contributed by atoms with E-state index >= 15 is 0 Å². The summed E-state index contributed by atoms with van der Waals surface area (Å²) in [6, 6.07) is 9.95. The Kier molecular flexibility index (Phi) is 4.80. The van der Waals surface area contributed by atoms with Gasteiger partial charge in [0.1, 0.15) is 5.75 Å². The van der Waals surface area contributed by atoms with E-state index in [-0.39, 0.29) is 11.9 Å². The molecule has 0 heterocycles. The summed E-state index contributed by atoms with van der Waals surface area (Å²) >= 11 is 0. The number of rotatable bonds is 4. The first kappa shape index (κ1) is 13.9. The number of carbonyl (C=O) groups is 1. The fourth-order valence-corrected chi connectivity index (χ4v) is 2.34. The van der Waals surface area contributed by atoms with Crippen LogP contribution in [-0.2, 0) is 4.79 Å². The topological polar surface area (TPSA) is 64.3 Å². The molecule has 1 saturated carbocycles. The van der Waals surface area contributed by atoms with Gasteiger partial charge in [0.2, 0.25) is 0 Å². The molecule has 1 aromatic rings. The molecule has 1 fully saturated rings. The van der Waals surface area contributed by atoms with E-state index in [9.17, 15) is 4.79 Å². The van der Waals surface area contributed by atoms with Gasteiger partial charge in [-0.05, 0) is 44.7 Å². The highest BCUT2D eigenvalue weighted by molar-refractivity contribution is 5.81. The molecule has 4 heteroatoms. The molecule has 1 aliphatic carbocycles. The Morgan fingerprint density at radius 2 is 1.89 bits per heavy atom. The lowest BCUT2D eigenvalue weighted by atomic mass is 9.92. The first-order chi connectivity index (χ1) is 9.15. The summed E-state index contributed by atoms with van der Waals surface area (Å²) in [6.07, 6.45) is 3.42. The number of ether oxygens (including phenoxy) is 1. The Morgan fingerprint density at radius 3 is 2.53 bits per heavy atom. The maximum atomic E-state index is 12.0. The summed E-state index contributed by atoms with van der Waals surface area (Å²) in [6.45, 7) is 1.77. The van der Waals surface area contributed by atoms with Gasteiger partial charge in [-0.25, -0.2) is 0 Å². The molecular formula is C15H22N2O2. The number of benzene rings is 1. The number of para-hydroxylation sites is 1. The lowest BCUT2D eigenvalue weighted by Crippen LogP contribution is -2.45. The first-order valence-corrected chi connectivity index (χ1v) is 6.93. The van der Waals surface area contributed by atoms with Crippen molar-refractivity contribution >= 4 is 5.91 Å². The van der Waals surface area contributed by atoms with Gasteiger partial charge in [-0.1, -0.05) is 18.2 Å². The van der Waals surface area contributed by atoms with Gasteiger partial charge >= 0.3 is 0 Å². The van der Waals surface area contributed by atoms with Crippen molar-refractivity contribution in [1.29, 1.82) is 0 Å². The highest BCUT2D eigenvalue weighted by Gasteiger charge is 2.23. The van der Waals surface area contributed by atoms with Crippen molar-refractivity contribution in [1.82, 2.24) is 5.32 Å². The molecule has 0 aromatic heterocycles. The van der Waals surface area contributed by atoms with Crippen LogP contribution in [0.3, 0.4) is 0 Å². The minimum atomic E-state index is -0.474. The molecule has 2 rings (SSSR count). The lowest BCUT2D eigenvalue weighted by Gasteiger charge is -2.27.